The molecule has 0 fully saturated rings. The molecule has 1 amide bonds. The van der Waals surface area contributed by atoms with Crippen LogP contribution in [0, 0.1) is 11.3 Å². The summed E-state index contributed by atoms with van der Waals surface area (Å²) in [6, 6.07) is 1.41. The maximum atomic E-state index is 10.3. The third kappa shape index (κ3) is 3.47. The minimum absolute atomic E-state index is 0.348. The SMILES string of the molecule is N#C/C(=N\N=C(N)N)C(N)=O. The number of carbonyl (C=O) groups is 1. The van der Waals surface area contributed by atoms with Crippen molar-refractivity contribution >= 4 is 17.6 Å². The topological polar surface area (TPSA) is 144 Å². The zero-order chi connectivity index (χ0) is 8.85. The van der Waals surface area contributed by atoms with E-state index in [0.717, 1.165) is 0 Å². The van der Waals surface area contributed by atoms with Crippen molar-refractivity contribution in [2.24, 2.45) is 27.4 Å². The van der Waals surface area contributed by atoms with Crippen LogP contribution in [0.25, 0.3) is 0 Å². The Morgan fingerprint density at radius 2 is 1.82 bits per heavy atom. The summed E-state index contributed by atoms with van der Waals surface area (Å²) >= 11 is 0. The minimum Gasteiger partial charge on any atom is -0.369 e. The molecule has 7 nitrogen and oxygen atoms in total. The van der Waals surface area contributed by atoms with E-state index in [2.05, 4.69) is 10.2 Å². The smallest absolute Gasteiger partial charge is 0.280 e. The van der Waals surface area contributed by atoms with Gasteiger partial charge in [-0.15, -0.1) is 10.2 Å². The van der Waals surface area contributed by atoms with E-state index in [1.165, 1.54) is 6.07 Å². The zero-order valence-electron chi connectivity index (χ0n) is 5.48. The van der Waals surface area contributed by atoms with Crippen LogP contribution in [0.2, 0.25) is 0 Å². The van der Waals surface area contributed by atoms with Crippen LogP contribution in [0.5, 0.6) is 0 Å². The Hall–Kier alpha value is -2.10. The maximum absolute atomic E-state index is 10.3. The van der Waals surface area contributed by atoms with E-state index >= 15 is 0 Å². The Labute approximate surface area is 62.2 Å². The van der Waals surface area contributed by atoms with Crippen LogP contribution in [-0.2, 0) is 4.79 Å². The highest BCUT2D eigenvalue weighted by molar-refractivity contribution is 6.44. The number of nitriles is 1. The lowest BCUT2D eigenvalue weighted by Gasteiger charge is -1.85. The summed E-state index contributed by atoms with van der Waals surface area (Å²) in [5, 5.41) is 14.3. The molecule has 0 saturated carbocycles. The van der Waals surface area contributed by atoms with E-state index in [-0.39, 0.29) is 5.96 Å². The summed E-state index contributed by atoms with van der Waals surface area (Å²) in [6.45, 7) is 0. The van der Waals surface area contributed by atoms with E-state index in [9.17, 15) is 4.79 Å². The third-order valence-corrected chi connectivity index (χ3v) is 0.605. The van der Waals surface area contributed by atoms with Crippen LogP contribution in [0.15, 0.2) is 10.2 Å². The molecule has 0 aliphatic heterocycles. The molecule has 0 bridgehead atoms. The monoisotopic (exact) mass is 154 g/mol. The highest BCUT2D eigenvalue weighted by atomic mass is 16.1. The summed E-state index contributed by atoms with van der Waals surface area (Å²) in [6.07, 6.45) is 0. The van der Waals surface area contributed by atoms with Gasteiger partial charge in [0, 0.05) is 0 Å². The van der Waals surface area contributed by atoms with Gasteiger partial charge >= 0.3 is 0 Å². The van der Waals surface area contributed by atoms with Gasteiger partial charge in [-0.25, -0.2) is 0 Å². The molecule has 0 spiro atoms. The normalized spacial score (nSPS) is 9.91. The number of hydrogen-bond donors (Lipinski definition) is 3. The average Bonchev–Trinajstić information content (AvgIpc) is 1.87. The second-order valence-electron chi connectivity index (χ2n) is 1.45. The molecule has 7 heteroatoms. The molecular weight excluding hydrogens is 148 g/mol. The molecule has 11 heavy (non-hydrogen) atoms. The average molecular weight is 154 g/mol. The van der Waals surface area contributed by atoms with Crippen molar-refractivity contribution in [2.75, 3.05) is 0 Å². The van der Waals surface area contributed by atoms with Gasteiger partial charge in [-0.3, -0.25) is 4.79 Å². The highest BCUT2D eigenvalue weighted by Crippen LogP contribution is 1.76. The lowest BCUT2D eigenvalue weighted by molar-refractivity contribution is -0.111. The lowest BCUT2D eigenvalue weighted by Crippen LogP contribution is -2.24. The molecule has 0 aromatic heterocycles. The molecule has 0 rings (SSSR count). The molecule has 0 aliphatic carbocycles. The van der Waals surface area contributed by atoms with E-state index in [0.29, 0.717) is 0 Å². The number of rotatable bonds is 2. The molecule has 0 saturated heterocycles. The number of nitrogens with zero attached hydrogens (tertiary/aromatic N) is 3. The fourth-order valence-electron chi connectivity index (χ4n) is 0.234. The van der Waals surface area contributed by atoms with Gasteiger partial charge in [0.25, 0.3) is 5.91 Å². The summed E-state index contributed by atoms with van der Waals surface area (Å²) in [5.74, 6) is -1.32. The highest BCUT2D eigenvalue weighted by Gasteiger charge is 2.03. The number of hydrogen-bond acceptors (Lipinski definition) is 4. The van der Waals surface area contributed by atoms with Crippen LogP contribution in [0.1, 0.15) is 0 Å². The van der Waals surface area contributed by atoms with Gasteiger partial charge in [0.2, 0.25) is 11.7 Å². The fraction of sp³-hybridized carbons (Fsp3) is 0. The largest absolute Gasteiger partial charge is 0.369 e. The van der Waals surface area contributed by atoms with Gasteiger partial charge in [-0.1, -0.05) is 0 Å². The molecule has 0 atom stereocenters. The fourth-order valence-corrected chi connectivity index (χ4v) is 0.234. The van der Waals surface area contributed by atoms with Gasteiger partial charge in [-0.2, -0.15) is 5.26 Å². The van der Waals surface area contributed by atoms with Crippen molar-refractivity contribution in [3.8, 4) is 6.07 Å². The van der Waals surface area contributed by atoms with Gasteiger partial charge in [0.05, 0.1) is 0 Å². The van der Waals surface area contributed by atoms with Gasteiger partial charge in [-0.05, 0) is 0 Å². The summed E-state index contributed by atoms with van der Waals surface area (Å²) in [4.78, 5) is 10.3. The third-order valence-electron chi connectivity index (χ3n) is 0.605. The minimum atomic E-state index is -0.975. The first kappa shape index (κ1) is 8.90. The molecule has 0 aromatic rings. The first-order valence-electron chi connectivity index (χ1n) is 2.44. The Morgan fingerprint density at radius 1 is 1.27 bits per heavy atom. The second-order valence-corrected chi connectivity index (χ2v) is 1.45. The standard InChI is InChI=1S/C4H6N6O/c5-1-2(3(6)11)9-10-4(7)8/h(H2,6,11)(H4,7,8,10)/b9-2+. The molecule has 0 aromatic carbocycles. The Balaban J connectivity index is 4.54. The molecular formula is C4H6N6O. The Morgan fingerprint density at radius 3 is 2.09 bits per heavy atom. The van der Waals surface area contributed by atoms with E-state index < -0.39 is 11.6 Å². The van der Waals surface area contributed by atoms with Gasteiger partial charge < -0.3 is 17.2 Å². The van der Waals surface area contributed by atoms with Crippen LogP contribution in [-0.4, -0.2) is 17.6 Å². The number of nitrogens with two attached hydrogens (primary N) is 3. The predicted molar refractivity (Wildman–Crippen MR) is 38.1 cm³/mol. The maximum Gasteiger partial charge on any atom is 0.280 e. The van der Waals surface area contributed by atoms with Crippen molar-refractivity contribution in [2.45, 2.75) is 0 Å². The Bertz CT molecular complexity index is 254. The first-order valence-corrected chi connectivity index (χ1v) is 2.44. The van der Waals surface area contributed by atoms with Crippen molar-refractivity contribution in [3.05, 3.63) is 0 Å². The zero-order valence-corrected chi connectivity index (χ0v) is 5.48. The molecule has 58 valence electrons. The number of amides is 1. The number of carbonyl (C=O) groups excluding carboxylic acids is 1. The van der Waals surface area contributed by atoms with Crippen LogP contribution >= 0.6 is 0 Å². The summed E-state index contributed by atoms with van der Waals surface area (Å²) in [5.41, 5.74) is 13.9. The second kappa shape index (κ2) is 3.84. The molecule has 0 radical (unpaired) electrons. The van der Waals surface area contributed by atoms with Crippen LogP contribution in [0.4, 0.5) is 0 Å². The van der Waals surface area contributed by atoms with Crippen LogP contribution in [0.3, 0.4) is 0 Å². The van der Waals surface area contributed by atoms with E-state index in [4.69, 9.17) is 22.5 Å². The van der Waals surface area contributed by atoms with Gasteiger partial charge in [0.15, 0.2) is 0 Å². The van der Waals surface area contributed by atoms with E-state index in [1.54, 1.807) is 0 Å². The summed E-state index contributed by atoms with van der Waals surface area (Å²) < 4.78 is 0. The quantitative estimate of drug-likeness (QED) is 0.232. The van der Waals surface area contributed by atoms with Crippen molar-refractivity contribution in [1.29, 1.82) is 5.26 Å². The Kier molecular flexibility index (Phi) is 3.10. The molecule has 0 aliphatic rings. The first-order chi connectivity index (χ1) is 5.07. The molecule has 0 unspecified atom stereocenters. The summed E-state index contributed by atoms with van der Waals surface area (Å²) in [7, 11) is 0. The number of guanidine groups is 1. The molecule has 6 N–H and O–H groups in total. The van der Waals surface area contributed by atoms with Crippen molar-refractivity contribution in [1.82, 2.24) is 0 Å². The predicted octanol–water partition coefficient (Wildman–Crippen LogP) is -2.38. The van der Waals surface area contributed by atoms with Crippen molar-refractivity contribution < 1.29 is 4.79 Å². The lowest BCUT2D eigenvalue weighted by atomic mass is 10.4. The number of primary amides is 1. The van der Waals surface area contributed by atoms with Crippen LogP contribution < -0.4 is 17.2 Å². The molecule has 0 heterocycles. The van der Waals surface area contributed by atoms with E-state index in [1.807, 2.05) is 0 Å². The van der Waals surface area contributed by atoms with Gasteiger partial charge in [0.1, 0.15) is 6.07 Å². The van der Waals surface area contributed by atoms with Crippen molar-refractivity contribution in [3.63, 3.8) is 0 Å².